The van der Waals surface area contributed by atoms with Crippen molar-refractivity contribution >= 4 is 23.4 Å². The Kier molecular flexibility index (Phi) is 9.12. The summed E-state index contributed by atoms with van der Waals surface area (Å²) in [6.45, 7) is 9.63. The molecule has 0 aromatic heterocycles. The number of carbonyl (C=O) groups is 2. The van der Waals surface area contributed by atoms with Gasteiger partial charge in [-0.1, -0.05) is 42.5 Å². The number of nitrogens with zero attached hydrogens (tertiary/aromatic N) is 1. The molecule has 0 bridgehead atoms. The fraction of sp³-hybridized carbons (Fsp3) is 0.375. The Labute approximate surface area is 236 Å². The van der Waals surface area contributed by atoms with Crippen LogP contribution in [0.3, 0.4) is 0 Å². The third-order valence-electron chi connectivity index (χ3n) is 6.93. The molecule has 8 nitrogen and oxygen atoms in total. The Morgan fingerprint density at radius 3 is 2.20 bits per heavy atom. The number of rotatable bonds is 9. The number of likely N-dealkylation sites (tertiary alicyclic amines) is 1. The fourth-order valence-corrected chi connectivity index (χ4v) is 4.89. The quantitative estimate of drug-likeness (QED) is 0.301. The first-order valence-corrected chi connectivity index (χ1v) is 13.6. The minimum absolute atomic E-state index is 0.0485. The molecule has 1 aliphatic heterocycles. The minimum Gasteiger partial charge on any atom is -0.490 e. The van der Waals surface area contributed by atoms with Crippen LogP contribution in [-0.4, -0.2) is 52.3 Å². The summed E-state index contributed by atoms with van der Waals surface area (Å²) < 4.78 is 11.6. The van der Waals surface area contributed by atoms with Gasteiger partial charge in [-0.2, -0.15) is 0 Å². The molecule has 1 atom stereocenters. The van der Waals surface area contributed by atoms with Gasteiger partial charge in [-0.15, -0.1) is 0 Å². The highest BCUT2D eigenvalue weighted by Gasteiger charge is 2.37. The monoisotopic (exact) mass is 545 g/mol. The molecule has 1 heterocycles. The third-order valence-corrected chi connectivity index (χ3v) is 6.93. The van der Waals surface area contributed by atoms with E-state index in [0.29, 0.717) is 29.2 Å². The maximum Gasteiger partial charge on any atom is 0.412 e. The van der Waals surface area contributed by atoms with Crippen LogP contribution >= 0.6 is 0 Å². The van der Waals surface area contributed by atoms with Gasteiger partial charge in [0.15, 0.2) is 0 Å². The maximum atomic E-state index is 13.0. The molecule has 3 aromatic carbocycles. The number of anilines is 2. The van der Waals surface area contributed by atoms with Crippen LogP contribution in [0.1, 0.15) is 56.5 Å². The number of nitrogens with one attached hydrogen (secondary N) is 2. The molecule has 3 N–H and O–H groups in total. The van der Waals surface area contributed by atoms with Crippen LogP contribution in [0.25, 0.3) is 0 Å². The number of piperidine rings is 1. The molecule has 1 fully saturated rings. The van der Waals surface area contributed by atoms with Crippen molar-refractivity contribution in [3.8, 4) is 5.75 Å². The molecule has 1 aliphatic rings. The number of β-amino-alcohol motifs (C(OH)–C–C–N with tert-alkyl or cyclic N) is 1. The summed E-state index contributed by atoms with van der Waals surface area (Å²) in [6.07, 6.45) is 1.14. The van der Waals surface area contributed by atoms with E-state index in [1.54, 1.807) is 48.5 Å². The second-order valence-electron chi connectivity index (χ2n) is 11.5. The van der Waals surface area contributed by atoms with E-state index >= 15 is 0 Å². The molecule has 8 heteroatoms. The molecule has 4 rings (SSSR count). The highest BCUT2D eigenvalue weighted by molar-refractivity contribution is 6.06. The molecule has 1 saturated heterocycles. The predicted octanol–water partition coefficient (Wildman–Crippen LogP) is 6.08. The summed E-state index contributed by atoms with van der Waals surface area (Å²) in [7, 11) is 0. The topological polar surface area (TPSA) is 100 Å². The SMILES string of the molecule is CC(C)(O)CN1CCC(Oc2ccc(C(=O)Nc3ccccc3NC(=O)OCc3ccccc3)cc2)CC1(C)C. The Balaban J connectivity index is 1.31. The number of para-hydroxylation sites is 2. The first-order valence-electron chi connectivity index (χ1n) is 13.6. The Morgan fingerprint density at radius 1 is 0.950 bits per heavy atom. The third kappa shape index (κ3) is 8.31. The van der Waals surface area contributed by atoms with Gasteiger partial charge in [-0.05, 0) is 76.1 Å². The standard InChI is InChI=1S/C32H39N3O5/c1-31(2)20-26(18-19-35(31)22-32(3,4)38)40-25-16-14-24(15-17-25)29(36)33-27-12-8-9-13-28(27)34-30(37)39-21-23-10-6-5-7-11-23/h5-17,26,38H,18-22H2,1-4H3,(H,33,36)(H,34,37). The minimum atomic E-state index is -0.746. The Bertz CT molecular complexity index is 1290. The van der Waals surface area contributed by atoms with Gasteiger partial charge in [0.05, 0.1) is 17.0 Å². The molecule has 1 unspecified atom stereocenters. The van der Waals surface area contributed by atoms with Crippen molar-refractivity contribution in [3.63, 3.8) is 0 Å². The second kappa shape index (κ2) is 12.5. The lowest BCUT2D eigenvalue weighted by Crippen LogP contribution is -2.56. The smallest absolute Gasteiger partial charge is 0.412 e. The van der Waals surface area contributed by atoms with Crippen LogP contribution in [0.15, 0.2) is 78.9 Å². The van der Waals surface area contributed by atoms with Crippen LogP contribution in [0.4, 0.5) is 16.2 Å². The summed E-state index contributed by atoms with van der Waals surface area (Å²) in [5.74, 6) is 0.399. The Hall–Kier alpha value is -3.88. The van der Waals surface area contributed by atoms with E-state index in [-0.39, 0.29) is 24.2 Å². The lowest BCUT2D eigenvalue weighted by Gasteiger charge is -2.47. The molecule has 0 radical (unpaired) electrons. The maximum absolute atomic E-state index is 13.0. The van der Waals surface area contributed by atoms with Crippen molar-refractivity contribution in [2.24, 2.45) is 0 Å². The normalized spacial score (nSPS) is 17.1. The van der Waals surface area contributed by atoms with E-state index in [2.05, 4.69) is 29.4 Å². The van der Waals surface area contributed by atoms with Crippen LogP contribution in [-0.2, 0) is 11.3 Å². The van der Waals surface area contributed by atoms with Crippen LogP contribution in [0.5, 0.6) is 5.75 Å². The first kappa shape index (κ1) is 29.1. The molecule has 40 heavy (non-hydrogen) atoms. The van der Waals surface area contributed by atoms with Crippen LogP contribution in [0.2, 0.25) is 0 Å². The highest BCUT2D eigenvalue weighted by atomic mass is 16.5. The van der Waals surface area contributed by atoms with Crippen molar-refractivity contribution in [1.29, 1.82) is 0 Å². The molecule has 0 spiro atoms. The number of carbonyl (C=O) groups excluding carboxylic acids is 2. The molecule has 2 amide bonds. The van der Waals surface area contributed by atoms with Crippen molar-refractivity contribution in [3.05, 3.63) is 90.0 Å². The van der Waals surface area contributed by atoms with Gasteiger partial charge in [0.1, 0.15) is 18.5 Å². The van der Waals surface area contributed by atoms with Crippen molar-refractivity contribution in [2.45, 2.75) is 64.4 Å². The Morgan fingerprint density at radius 2 is 1.57 bits per heavy atom. The van der Waals surface area contributed by atoms with E-state index < -0.39 is 11.7 Å². The summed E-state index contributed by atoms with van der Waals surface area (Å²) >= 11 is 0. The van der Waals surface area contributed by atoms with E-state index in [0.717, 1.165) is 24.9 Å². The molecular weight excluding hydrogens is 506 g/mol. The average molecular weight is 546 g/mol. The lowest BCUT2D eigenvalue weighted by atomic mass is 9.87. The first-order chi connectivity index (χ1) is 19.0. The predicted molar refractivity (Wildman–Crippen MR) is 157 cm³/mol. The zero-order valence-electron chi connectivity index (χ0n) is 23.6. The summed E-state index contributed by atoms with van der Waals surface area (Å²) in [5.41, 5.74) is 1.40. The van der Waals surface area contributed by atoms with Crippen molar-refractivity contribution in [2.75, 3.05) is 23.7 Å². The zero-order valence-corrected chi connectivity index (χ0v) is 23.6. The molecule has 0 saturated carbocycles. The summed E-state index contributed by atoms with van der Waals surface area (Å²) in [6, 6.07) is 23.4. The van der Waals surface area contributed by atoms with E-state index in [1.807, 2.05) is 44.2 Å². The number of benzene rings is 3. The van der Waals surface area contributed by atoms with Crippen molar-refractivity contribution < 1.29 is 24.2 Å². The van der Waals surface area contributed by atoms with Crippen molar-refractivity contribution in [1.82, 2.24) is 4.90 Å². The van der Waals surface area contributed by atoms with Gasteiger partial charge >= 0.3 is 6.09 Å². The second-order valence-corrected chi connectivity index (χ2v) is 11.5. The summed E-state index contributed by atoms with van der Waals surface area (Å²) in [4.78, 5) is 27.6. The van der Waals surface area contributed by atoms with Gasteiger partial charge < -0.3 is 19.9 Å². The highest BCUT2D eigenvalue weighted by Crippen LogP contribution is 2.31. The fourth-order valence-electron chi connectivity index (χ4n) is 4.89. The number of hydrogen-bond acceptors (Lipinski definition) is 6. The van der Waals surface area contributed by atoms with Crippen LogP contribution < -0.4 is 15.4 Å². The van der Waals surface area contributed by atoms with Gasteiger partial charge in [0, 0.05) is 30.6 Å². The van der Waals surface area contributed by atoms with Gasteiger partial charge in [-0.3, -0.25) is 15.0 Å². The van der Waals surface area contributed by atoms with E-state index in [4.69, 9.17) is 9.47 Å². The van der Waals surface area contributed by atoms with Gasteiger partial charge in [0.25, 0.3) is 5.91 Å². The lowest BCUT2D eigenvalue weighted by molar-refractivity contribution is -0.0433. The number of hydrogen-bond donors (Lipinski definition) is 3. The number of amides is 2. The largest absolute Gasteiger partial charge is 0.490 e. The molecule has 212 valence electrons. The summed E-state index contributed by atoms with van der Waals surface area (Å²) in [5, 5.41) is 15.8. The van der Waals surface area contributed by atoms with Gasteiger partial charge in [0.2, 0.25) is 0 Å². The number of aliphatic hydroxyl groups is 1. The van der Waals surface area contributed by atoms with Crippen LogP contribution in [0, 0.1) is 0 Å². The molecular formula is C32H39N3O5. The van der Waals surface area contributed by atoms with E-state index in [9.17, 15) is 14.7 Å². The van der Waals surface area contributed by atoms with Gasteiger partial charge in [-0.25, -0.2) is 4.79 Å². The number of ether oxygens (including phenoxy) is 2. The molecule has 0 aliphatic carbocycles. The average Bonchev–Trinajstić information content (AvgIpc) is 2.90. The van der Waals surface area contributed by atoms with E-state index in [1.165, 1.54) is 0 Å². The zero-order chi connectivity index (χ0) is 28.8. The molecule has 3 aromatic rings.